The van der Waals surface area contributed by atoms with Crippen LogP contribution in [0.1, 0.15) is 0 Å². The average molecular weight is 284 g/mol. The van der Waals surface area contributed by atoms with E-state index in [0.29, 0.717) is 17.1 Å². The van der Waals surface area contributed by atoms with Gasteiger partial charge in [-0.25, -0.2) is 9.07 Å². The van der Waals surface area contributed by atoms with Gasteiger partial charge in [-0.15, -0.1) is 5.10 Å². The second-order valence-electron chi connectivity index (χ2n) is 4.48. The van der Waals surface area contributed by atoms with E-state index in [0.717, 1.165) is 11.3 Å². The minimum atomic E-state index is -0.283. The van der Waals surface area contributed by atoms with Crippen molar-refractivity contribution in [1.82, 2.24) is 15.0 Å². The van der Waals surface area contributed by atoms with Gasteiger partial charge in [0.2, 0.25) is 0 Å². The second-order valence-corrected chi connectivity index (χ2v) is 4.48. The highest BCUT2D eigenvalue weighted by atomic mass is 19.1. The molecule has 1 aromatic heterocycles. The van der Waals surface area contributed by atoms with Crippen LogP contribution in [0.25, 0.3) is 16.9 Å². The molecule has 0 aliphatic rings. The van der Waals surface area contributed by atoms with Crippen LogP contribution in [0.3, 0.4) is 0 Å². The first-order valence-electron chi connectivity index (χ1n) is 6.29. The van der Waals surface area contributed by atoms with E-state index in [1.807, 2.05) is 6.07 Å². The fourth-order valence-corrected chi connectivity index (χ4v) is 2.01. The van der Waals surface area contributed by atoms with Gasteiger partial charge in [0.05, 0.1) is 24.7 Å². The van der Waals surface area contributed by atoms with Crippen LogP contribution in [-0.4, -0.2) is 22.1 Å². The molecule has 5 nitrogen and oxygen atoms in total. The summed E-state index contributed by atoms with van der Waals surface area (Å²) in [5.41, 5.74) is 8.62. The Kier molecular flexibility index (Phi) is 3.27. The fourth-order valence-electron chi connectivity index (χ4n) is 2.01. The number of halogens is 1. The van der Waals surface area contributed by atoms with Gasteiger partial charge in [-0.3, -0.25) is 0 Å². The van der Waals surface area contributed by atoms with E-state index in [1.54, 1.807) is 42.3 Å². The van der Waals surface area contributed by atoms with Gasteiger partial charge in [-0.05, 0) is 42.5 Å². The molecule has 0 aliphatic carbocycles. The normalized spacial score (nSPS) is 10.6. The van der Waals surface area contributed by atoms with E-state index in [1.165, 1.54) is 12.1 Å². The highest BCUT2D eigenvalue weighted by Gasteiger charge is 2.07. The summed E-state index contributed by atoms with van der Waals surface area (Å²) in [5.74, 6) is 0.326. The Morgan fingerprint density at radius 3 is 2.57 bits per heavy atom. The van der Waals surface area contributed by atoms with Crippen molar-refractivity contribution >= 4 is 5.69 Å². The summed E-state index contributed by atoms with van der Waals surface area (Å²) in [7, 11) is 1.56. The van der Waals surface area contributed by atoms with Gasteiger partial charge in [0.25, 0.3) is 0 Å². The number of aromatic nitrogens is 3. The fraction of sp³-hybridized carbons (Fsp3) is 0.0667. The summed E-state index contributed by atoms with van der Waals surface area (Å²) in [5, 5.41) is 8.14. The SMILES string of the molecule is COc1ccc(-n2cc(-c3ccc(F)cc3)nn2)cc1N. The molecule has 3 rings (SSSR count). The van der Waals surface area contributed by atoms with E-state index in [9.17, 15) is 4.39 Å². The predicted octanol–water partition coefficient (Wildman–Crippen LogP) is 2.66. The number of rotatable bonds is 3. The molecule has 0 radical (unpaired) electrons. The van der Waals surface area contributed by atoms with Crippen LogP contribution >= 0.6 is 0 Å². The molecular weight excluding hydrogens is 271 g/mol. The van der Waals surface area contributed by atoms with Crippen molar-refractivity contribution in [3.8, 4) is 22.7 Å². The minimum absolute atomic E-state index is 0.283. The van der Waals surface area contributed by atoms with Gasteiger partial charge in [-0.1, -0.05) is 5.21 Å². The van der Waals surface area contributed by atoms with Gasteiger partial charge >= 0.3 is 0 Å². The quantitative estimate of drug-likeness (QED) is 0.751. The van der Waals surface area contributed by atoms with E-state index in [2.05, 4.69) is 10.3 Å². The van der Waals surface area contributed by atoms with Crippen molar-refractivity contribution in [2.45, 2.75) is 0 Å². The molecule has 0 saturated heterocycles. The Hall–Kier alpha value is -2.89. The summed E-state index contributed by atoms with van der Waals surface area (Å²) in [6.45, 7) is 0. The van der Waals surface area contributed by atoms with E-state index >= 15 is 0 Å². The Labute approximate surface area is 120 Å². The Morgan fingerprint density at radius 1 is 1.14 bits per heavy atom. The maximum absolute atomic E-state index is 12.9. The number of hydrogen-bond donors (Lipinski definition) is 1. The molecular formula is C15H13FN4O. The minimum Gasteiger partial charge on any atom is -0.495 e. The summed E-state index contributed by atoms with van der Waals surface area (Å²) in [6.07, 6.45) is 1.76. The number of nitrogens with two attached hydrogens (primary N) is 1. The van der Waals surface area contributed by atoms with E-state index in [4.69, 9.17) is 10.5 Å². The molecule has 0 aliphatic heterocycles. The van der Waals surface area contributed by atoms with Crippen LogP contribution in [0.2, 0.25) is 0 Å². The van der Waals surface area contributed by atoms with E-state index < -0.39 is 0 Å². The lowest BCUT2D eigenvalue weighted by Crippen LogP contribution is -1.98. The third-order valence-electron chi connectivity index (χ3n) is 3.11. The molecule has 0 saturated carbocycles. The topological polar surface area (TPSA) is 66.0 Å². The average Bonchev–Trinajstić information content (AvgIpc) is 2.98. The van der Waals surface area contributed by atoms with Gasteiger partial charge < -0.3 is 10.5 Å². The number of benzene rings is 2. The molecule has 2 N–H and O–H groups in total. The molecule has 0 unspecified atom stereocenters. The van der Waals surface area contributed by atoms with Crippen molar-refractivity contribution in [1.29, 1.82) is 0 Å². The van der Waals surface area contributed by atoms with Crippen LogP contribution in [0.4, 0.5) is 10.1 Å². The van der Waals surface area contributed by atoms with Crippen molar-refractivity contribution < 1.29 is 9.13 Å². The van der Waals surface area contributed by atoms with Crippen molar-refractivity contribution in [3.63, 3.8) is 0 Å². The maximum atomic E-state index is 12.9. The number of ether oxygens (including phenoxy) is 1. The second kappa shape index (κ2) is 5.24. The molecule has 21 heavy (non-hydrogen) atoms. The third-order valence-corrected chi connectivity index (χ3v) is 3.11. The maximum Gasteiger partial charge on any atom is 0.141 e. The number of anilines is 1. The first-order valence-corrected chi connectivity index (χ1v) is 6.29. The summed E-state index contributed by atoms with van der Waals surface area (Å²) >= 11 is 0. The molecule has 6 heteroatoms. The number of methoxy groups -OCH3 is 1. The molecule has 1 heterocycles. The zero-order chi connectivity index (χ0) is 14.8. The zero-order valence-corrected chi connectivity index (χ0v) is 11.3. The van der Waals surface area contributed by atoms with Crippen LogP contribution < -0.4 is 10.5 Å². The van der Waals surface area contributed by atoms with Crippen molar-refractivity contribution in [3.05, 3.63) is 54.5 Å². The molecule has 0 amide bonds. The van der Waals surface area contributed by atoms with Crippen molar-refractivity contribution in [2.24, 2.45) is 0 Å². The largest absolute Gasteiger partial charge is 0.495 e. The third kappa shape index (κ3) is 2.55. The molecule has 0 fully saturated rings. The van der Waals surface area contributed by atoms with Crippen LogP contribution in [0, 0.1) is 5.82 Å². The molecule has 0 atom stereocenters. The lowest BCUT2D eigenvalue weighted by atomic mass is 10.2. The summed E-state index contributed by atoms with van der Waals surface area (Å²) in [4.78, 5) is 0. The van der Waals surface area contributed by atoms with Gasteiger partial charge in [0, 0.05) is 5.56 Å². The van der Waals surface area contributed by atoms with Gasteiger partial charge in [0.1, 0.15) is 17.3 Å². The lowest BCUT2D eigenvalue weighted by molar-refractivity contribution is 0.417. The predicted molar refractivity (Wildman–Crippen MR) is 77.7 cm³/mol. The Morgan fingerprint density at radius 2 is 1.90 bits per heavy atom. The van der Waals surface area contributed by atoms with Crippen LogP contribution in [-0.2, 0) is 0 Å². The van der Waals surface area contributed by atoms with Gasteiger partial charge in [-0.2, -0.15) is 0 Å². The standard InChI is InChI=1S/C15H13FN4O/c1-21-15-7-6-12(8-13(15)17)20-9-14(18-19-20)10-2-4-11(16)5-3-10/h2-9H,17H2,1H3. The zero-order valence-electron chi connectivity index (χ0n) is 11.3. The first kappa shape index (κ1) is 13.1. The summed E-state index contributed by atoms with van der Waals surface area (Å²) < 4.78 is 19.6. The van der Waals surface area contributed by atoms with Crippen LogP contribution in [0.5, 0.6) is 5.75 Å². The highest BCUT2D eigenvalue weighted by Crippen LogP contribution is 2.24. The molecule has 0 bridgehead atoms. The monoisotopic (exact) mass is 284 g/mol. The number of hydrogen-bond acceptors (Lipinski definition) is 4. The number of nitrogens with zero attached hydrogens (tertiary/aromatic N) is 3. The highest BCUT2D eigenvalue weighted by molar-refractivity contribution is 5.60. The molecule has 3 aromatic rings. The summed E-state index contributed by atoms with van der Waals surface area (Å²) in [6, 6.07) is 11.4. The Bertz CT molecular complexity index is 768. The molecule has 2 aromatic carbocycles. The van der Waals surface area contributed by atoms with Crippen LogP contribution in [0.15, 0.2) is 48.7 Å². The number of nitrogen functional groups attached to an aromatic ring is 1. The smallest absolute Gasteiger partial charge is 0.141 e. The lowest BCUT2D eigenvalue weighted by Gasteiger charge is -2.06. The first-order chi connectivity index (χ1) is 10.2. The molecule has 0 spiro atoms. The van der Waals surface area contributed by atoms with Crippen molar-refractivity contribution in [2.75, 3.05) is 12.8 Å². The van der Waals surface area contributed by atoms with Gasteiger partial charge in [0.15, 0.2) is 0 Å². The Balaban J connectivity index is 1.94. The van der Waals surface area contributed by atoms with E-state index in [-0.39, 0.29) is 5.82 Å². The molecule has 106 valence electrons.